The van der Waals surface area contributed by atoms with E-state index in [0.29, 0.717) is 0 Å². The van der Waals surface area contributed by atoms with Gasteiger partial charge in [0.25, 0.3) is 0 Å². The van der Waals surface area contributed by atoms with Gasteiger partial charge in [0.05, 0.1) is 21.3 Å². The number of pyridine rings is 1. The van der Waals surface area contributed by atoms with Crippen molar-refractivity contribution in [3.05, 3.63) is 77.8 Å². The Morgan fingerprint density at radius 2 is 1.40 bits per heavy atom. The van der Waals surface area contributed by atoms with Crippen molar-refractivity contribution in [1.82, 2.24) is 4.40 Å². The highest BCUT2D eigenvalue weighted by Gasteiger charge is 2.15. The fourth-order valence-corrected chi connectivity index (χ4v) is 5.30. The summed E-state index contributed by atoms with van der Waals surface area (Å²) in [7, 11) is 0. The maximum atomic E-state index is 6.33. The Labute approximate surface area is 152 Å². The zero-order chi connectivity index (χ0) is 16.5. The van der Waals surface area contributed by atoms with Crippen LogP contribution in [0.15, 0.2) is 72.8 Å². The quantitative estimate of drug-likeness (QED) is 0.252. The standard InChI is InChI=1S/C22H12ClNS/c23-13-9-10-18-17(11-13)14-5-1-2-6-15(14)19-12-21-22(24(18)19)16-7-3-4-8-20(16)25-21/h1-12H. The van der Waals surface area contributed by atoms with Crippen molar-refractivity contribution in [2.24, 2.45) is 0 Å². The summed E-state index contributed by atoms with van der Waals surface area (Å²) in [5, 5.41) is 5.81. The first-order chi connectivity index (χ1) is 12.3. The zero-order valence-electron chi connectivity index (χ0n) is 13.2. The number of benzene rings is 3. The highest BCUT2D eigenvalue weighted by Crippen LogP contribution is 2.41. The molecule has 3 aromatic heterocycles. The number of nitrogens with zero attached hydrogens (tertiary/aromatic N) is 1. The van der Waals surface area contributed by atoms with Crippen LogP contribution in [0.5, 0.6) is 0 Å². The van der Waals surface area contributed by atoms with Gasteiger partial charge < -0.3 is 4.40 Å². The first kappa shape index (κ1) is 13.7. The molecule has 0 aliphatic heterocycles. The Bertz CT molecular complexity index is 1460. The highest BCUT2D eigenvalue weighted by molar-refractivity contribution is 7.25. The number of fused-ring (bicyclic) bond motifs is 10. The van der Waals surface area contributed by atoms with Crippen LogP contribution in [-0.2, 0) is 0 Å². The lowest BCUT2D eigenvalue weighted by atomic mass is 10.1. The van der Waals surface area contributed by atoms with Crippen LogP contribution in [0.25, 0.3) is 47.5 Å². The van der Waals surface area contributed by atoms with E-state index in [-0.39, 0.29) is 0 Å². The van der Waals surface area contributed by atoms with E-state index >= 15 is 0 Å². The minimum Gasteiger partial charge on any atom is -0.307 e. The third-order valence-electron chi connectivity index (χ3n) is 5.02. The number of hydrogen-bond donors (Lipinski definition) is 0. The van der Waals surface area contributed by atoms with E-state index < -0.39 is 0 Å². The Balaban J connectivity index is 2.03. The van der Waals surface area contributed by atoms with Gasteiger partial charge in [-0.25, -0.2) is 0 Å². The average Bonchev–Trinajstić information content (AvgIpc) is 3.18. The predicted octanol–water partition coefficient (Wildman–Crippen LogP) is 7.27. The van der Waals surface area contributed by atoms with Crippen LogP contribution < -0.4 is 0 Å². The second-order valence-corrected chi connectivity index (χ2v) is 7.90. The van der Waals surface area contributed by atoms with Crippen molar-refractivity contribution in [2.75, 3.05) is 0 Å². The first-order valence-corrected chi connectivity index (χ1v) is 9.43. The van der Waals surface area contributed by atoms with Crippen molar-refractivity contribution in [1.29, 1.82) is 0 Å². The van der Waals surface area contributed by atoms with E-state index in [1.165, 1.54) is 47.5 Å². The molecule has 3 heteroatoms. The summed E-state index contributed by atoms with van der Waals surface area (Å²) in [5.74, 6) is 0. The molecule has 25 heavy (non-hydrogen) atoms. The third kappa shape index (κ3) is 1.73. The Hall–Kier alpha value is -2.55. The first-order valence-electron chi connectivity index (χ1n) is 8.24. The number of halogens is 1. The minimum atomic E-state index is 0.774. The largest absolute Gasteiger partial charge is 0.307 e. The van der Waals surface area contributed by atoms with Crippen LogP contribution >= 0.6 is 22.9 Å². The molecule has 3 heterocycles. The summed E-state index contributed by atoms with van der Waals surface area (Å²) < 4.78 is 5.06. The lowest BCUT2D eigenvalue weighted by Gasteiger charge is -2.10. The SMILES string of the molecule is Clc1ccc2c(c1)c1ccccc1c1cc3sc4ccccc4c3n21. The fourth-order valence-electron chi connectivity index (χ4n) is 4.00. The van der Waals surface area contributed by atoms with Crippen molar-refractivity contribution >= 4 is 70.4 Å². The van der Waals surface area contributed by atoms with E-state index in [2.05, 4.69) is 71.1 Å². The molecule has 6 rings (SSSR count). The molecule has 0 radical (unpaired) electrons. The highest BCUT2D eigenvalue weighted by atomic mass is 35.5. The summed E-state index contributed by atoms with van der Waals surface area (Å²) in [6.07, 6.45) is 0. The van der Waals surface area contributed by atoms with Gasteiger partial charge in [-0.15, -0.1) is 11.3 Å². The molecule has 0 aliphatic carbocycles. The summed E-state index contributed by atoms with van der Waals surface area (Å²) >= 11 is 8.19. The number of rotatable bonds is 0. The summed E-state index contributed by atoms with van der Waals surface area (Å²) in [5.41, 5.74) is 3.77. The molecule has 0 unspecified atom stereocenters. The van der Waals surface area contributed by atoms with Crippen LogP contribution in [0.3, 0.4) is 0 Å². The Kier molecular flexibility index (Phi) is 2.61. The Morgan fingerprint density at radius 3 is 2.28 bits per heavy atom. The molecule has 0 N–H and O–H groups in total. The summed E-state index contributed by atoms with van der Waals surface area (Å²) in [4.78, 5) is 0. The predicted molar refractivity (Wildman–Crippen MR) is 110 cm³/mol. The molecule has 0 saturated carbocycles. The van der Waals surface area contributed by atoms with Gasteiger partial charge in [0.1, 0.15) is 0 Å². The van der Waals surface area contributed by atoms with E-state index in [9.17, 15) is 0 Å². The molecule has 0 saturated heterocycles. The molecular formula is C22H12ClNS. The van der Waals surface area contributed by atoms with E-state index in [4.69, 9.17) is 11.6 Å². The second-order valence-electron chi connectivity index (χ2n) is 6.38. The number of thiophene rings is 1. The van der Waals surface area contributed by atoms with Crippen LogP contribution in [0.4, 0.5) is 0 Å². The molecule has 0 spiro atoms. The van der Waals surface area contributed by atoms with Gasteiger partial charge in [-0.3, -0.25) is 0 Å². The van der Waals surface area contributed by atoms with Gasteiger partial charge in [0.15, 0.2) is 0 Å². The summed E-state index contributed by atoms with van der Waals surface area (Å²) in [6, 6.07) is 25.8. The normalized spacial score (nSPS) is 12.2. The topological polar surface area (TPSA) is 4.41 Å². The minimum absolute atomic E-state index is 0.774. The van der Waals surface area contributed by atoms with E-state index in [0.717, 1.165) is 5.02 Å². The van der Waals surface area contributed by atoms with Gasteiger partial charge in [0.2, 0.25) is 0 Å². The second kappa shape index (κ2) is 4.75. The van der Waals surface area contributed by atoms with Crippen LogP contribution in [-0.4, -0.2) is 4.40 Å². The molecule has 6 aromatic rings. The average molecular weight is 358 g/mol. The molecule has 0 amide bonds. The lowest BCUT2D eigenvalue weighted by molar-refractivity contribution is 1.36. The van der Waals surface area contributed by atoms with E-state index in [1.54, 1.807) is 0 Å². The van der Waals surface area contributed by atoms with Gasteiger partial charge in [-0.2, -0.15) is 0 Å². The monoisotopic (exact) mass is 357 g/mol. The maximum Gasteiger partial charge on any atom is 0.0721 e. The number of aromatic nitrogens is 1. The van der Waals surface area contributed by atoms with Crippen molar-refractivity contribution in [2.45, 2.75) is 0 Å². The third-order valence-corrected chi connectivity index (χ3v) is 6.36. The van der Waals surface area contributed by atoms with Gasteiger partial charge in [0, 0.05) is 25.9 Å². The van der Waals surface area contributed by atoms with Crippen LogP contribution in [0.2, 0.25) is 5.02 Å². The van der Waals surface area contributed by atoms with Crippen molar-refractivity contribution in [3.63, 3.8) is 0 Å². The van der Waals surface area contributed by atoms with E-state index in [1.807, 2.05) is 17.4 Å². The molecule has 0 atom stereocenters. The molecule has 0 fully saturated rings. The molecular weight excluding hydrogens is 346 g/mol. The molecule has 118 valence electrons. The van der Waals surface area contributed by atoms with Gasteiger partial charge in [-0.05, 0) is 35.7 Å². The maximum absolute atomic E-state index is 6.33. The van der Waals surface area contributed by atoms with Crippen molar-refractivity contribution in [3.8, 4) is 0 Å². The molecule has 0 bridgehead atoms. The van der Waals surface area contributed by atoms with Gasteiger partial charge >= 0.3 is 0 Å². The summed E-state index contributed by atoms with van der Waals surface area (Å²) in [6.45, 7) is 0. The molecule has 1 nitrogen and oxygen atoms in total. The number of hydrogen-bond acceptors (Lipinski definition) is 1. The lowest BCUT2D eigenvalue weighted by Crippen LogP contribution is -1.90. The van der Waals surface area contributed by atoms with Gasteiger partial charge in [-0.1, -0.05) is 54.1 Å². The molecule has 0 aliphatic rings. The fraction of sp³-hybridized carbons (Fsp3) is 0. The van der Waals surface area contributed by atoms with Crippen LogP contribution in [0, 0.1) is 0 Å². The smallest absolute Gasteiger partial charge is 0.0721 e. The zero-order valence-corrected chi connectivity index (χ0v) is 14.7. The Morgan fingerprint density at radius 1 is 0.640 bits per heavy atom. The van der Waals surface area contributed by atoms with Crippen molar-refractivity contribution < 1.29 is 0 Å². The molecule has 3 aromatic carbocycles. The van der Waals surface area contributed by atoms with Crippen LogP contribution in [0.1, 0.15) is 0 Å².